The minimum absolute atomic E-state index is 1.02. The zero-order valence-corrected chi connectivity index (χ0v) is 16.6. The summed E-state index contributed by atoms with van der Waals surface area (Å²) >= 11 is 0. The molecule has 0 saturated carbocycles. The van der Waals surface area contributed by atoms with Gasteiger partial charge in [0, 0.05) is 17.1 Å². The van der Waals surface area contributed by atoms with Crippen molar-refractivity contribution in [3.05, 3.63) is 90.6 Å². The lowest BCUT2D eigenvalue weighted by atomic mass is 9.98. The first-order valence-corrected chi connectivity index (χ1v) is 10.4. The lowest BCUT2D eigenvalue weighted by Crippen LogP contribution is -1.88. The Hall–Kier alpha value is -2.93. The molecule has 1 aromatic heterocycles. The Bertz CT molecular complexity index is 1050. The van der Waals surface area contributed by atoms with Crippen molar-refractivity contribution in [2.24, 2.45) is 0 Å². The summed E-state index contributed by atoms with van der Waals surface area (Å²) in [4.78, 5) is 4.67. The van der Waals surface area contributed by atoms with E-state index in [2.05, 4.69) is 90.8 Å². The predicted octanol–water partition coefficient (Wildman–Crippen LogP) is 7.69. The number of aromatic nitrogens is 1. The molecule has 0 unspecified atom stereocenters. The number of fused-ring (bicyclic) bond motifs is 1. The van der Waals surface area contributed by atoms with Gasteiger partial charge in [0.1, 0.15) is 0 Å². The van der Waals surface area contributed by atoms with Crippen molar-refractivity contribution in [1.29, 1.82) is 0 Å². The predicted molar refractivity (Wildman–Crippen MR) is 120 cm³/mol. The molecule has 0 saturated heterocycles. The van der Waals surface area contributed by atoms with Crippen LogP contribution in [0.4, 0.5) is 0 Å². The molecule has 0 aliphatic carbocycles. The van der Waals surface area contributed by atoms with E-state index in [0.717, 1.165) is 11.3 Å². The molecule has 140 valence electrons. The molecule has 1 heteroatoms. The van der Waals surface area contributed by atoms with Crippen LogP contribution in [0.2, 0.25) is 0 Å². The van der Waals surface area contributed by atoms with E-state index in [0.29, 0.717) is 0 Å². The molecule has 4 rings (SSSR count). The van der Waals surface area contributed by atoms with Crippen molar-refractivity contribution in [1.82, 2.24) is 4.98 Å². The fourth-order valence-corrected chi connectivity index (χ4v) is 3.72. The Balaban J connectivity index is 1.54. The smallest absolute Gasteiger partial charge is 0.0708 e. The number of unbranched alkanes of at least 4 members (excludes halogenated alkanes) is 3. The average molecular weight is 366 g/mol. The van der Waals surface area contributed by atoms with Crippen molar-refractivity contribution < 1.29 is 0 Å². The number of rotatable bonds is 7. The highest BCUT2D eigenvalue weighted by Gasteiger charge is 2.04. The number of pyridine rings is 1. The highest BCUT2D eigenvalue weighted by molar-refractivity contribution is 5.85. The van der Waals surface area contributed by atoms with Gasteiger partial charge < -0.3 is 0 Å². The van der Waals surface area contributed by atoms with Gasteiger partial charge in [-0.3, -0.25) is 4.98 Å². The van der Waals surface area contributed by atoms with Crippen LogP contribution in [0.3, 0.4) is 0 Å². The van der Waals surface area contributed by atoms with Crippen molar-refractivity contribution in [2.45, 2.75) is 39.0 Å². The van der Waals surface area contributed by atoms with Crippen molar-refractivity contribution in [3.63, 3.8) is 0 Å². The monoisotopic (exact) mass is 365 g/mol. The number of hydrogen-bond donors (Lipinski definition) is 0. The lowest BCUT2D eigenvalue weighted by molar-refractivity contribution is 0.667. The second-order valence-electron chi connectivity index (χ2n) is 7.51. The maximum Gasteiger partial charge on any atom is 0.0708 e. The maximum absolute atomic E-state index is 4.67. The zero-order chi connectivity index (χ0) is 19.2. The zero-order valence-electron chi connectivity index (χ0n) is 16.6. The van der Waals surface area contributed by atoms with Gasteiger partial charge in [0.2, 0.25) is 0 Å². The van der Waals surface area contributed by atoms with E-state index in [1.54, 1.807) is 0 Å². The molecule has 3 aromatic carbocycles. The Morgan fingerprint density at radius 1 is 0.643 bits per heavy atom. The lowest BCUT2D eigenvalue weighted by Gasteiger charge is -2.08. The summed E-state index contributed by atoms with van der Waals surface area (Å²) < 4.78 is 0. The third kappa shape index (κ3) is 4.31. The summed E-state index contributed by atoms with van der Waals surface area (Å²) in [7, 11) is 0. The van der Waals surface area contributed by atoms with Gasteiger partial charge in [-0.05, 0) is 47.1 Å². The van der Waals surface area contributed by atoms with Gasteiger partial charge in [-0.25, -0.2) is 0 Å². The highest BCUT2D eigenvalue weighted by atomic mass is 14.7. The van der Waals surface area contributed by atoms with Crippen molar-refractivity contribution in [3.8, 4) is 22.4 Å². The first kappa shape index (κ1) is 18.4. The van der Waals surface area contributed by atoms with Crippen LogP contribution in [0.15, 0.2) is 85.1 Å². The van der Waals surface area contributed by atoms with Crippen LogP contribution < -0.4 is 0 Å². The minimum atomic E-state index is 1.02. The summed E-state index contributed by atoms with van der Waals surface area (Å²) in [6.07, 6.45) is 8.40. The second kappa shape index (κ2) is 8.84. The third-order valence-corrected chi connectivity index (χ3v) is 5.40. The highest BCUT2D eigenvalue weighted by Crippen LogP contribution is 2.27. The number of hydrogen-bond acceptors (Lipinski definition) is 1. The molecule has 4 aromatic rings. The van der Waals surface area contributed by atoms with E-state index in [1.807, 2.05) is 6.20 Å². The standard InChI is InChI=1S/C27H27N/c1-2-3-4-5-9-21-14-16-22(17-15-21)23-12-8-13-25(18-23)27-19-24-10-6-7-11-26(24)20-28-27/h6-8,10-20H,2-5,9H2,1H3. The molecular formula is C27H27N. The molecule has 0 amide bonds. The first-order valence-electron chi connectivity index (χ1n) is 10.4. The van der Waals surface area contributed by atoms with Crippen LogP contribution in [0, 0.1) is 0 Å². The summed E-state index contributed by atoms with van der Waals surface area (Å²) in [5.74, 6) is 0. The maximum atomic E-state index is 4.67. The van der Waals surface area contributed by atoms with Crippen LogP contribution in [0.5, 0.6) is 0 Å². The van der Waals surface area contributed by atoms with Gasteiger partial charge in [-0.15, -0.1) is 0 Å². The fraction of sp³-hybridized carbons (Fsp3) is 0.222. The summed E-state index contributed by atoms with van der Waals surface area (Å²) in [5.41, 5.74) is 6.12. The Labute approximate surface area is 168 Å². The third-order valence-electron chi connectivity index (χ3n) is 5.40. The molecule has 0 bridgehead atoms. The molecule has 1 nitrogen and oxygen atoms in total. The quantitative estimate of drug-likeness (QED) is 0.306. The van der Waals surface area contributed by atoms with Gasteiger partial charge in [0.15, 0.2) is 0 Å². The Kier molecular flexibility index (Phi) is 5.82. The van der Waals surface area contributed by atoms with Gasteiger partial charge in [-0.2, -0.15) is 0 Å². The van der Waals surface area contributed by atoms with Crippen LogP contribution in [0.25, 0.3) is 33.2 Å². The summed E-state index contributed by atoms with van der Waals surface area (Å²) in [5, 5.41) is 2.40. The van der Waals surface area contributed by atoms with Gasteiger partial charge >= 0.3 is 0 Å². The average Bonchev–Trinajstić information content (AvgIpc) is 2.77. The summed E-state index contributed by atoms with van der Waals surface area (Å²) in [6, 6.07) is 28.3. The summed E-state index contributed by atoms with van der Waals surface area (Å²) in [6.45, 7) is 2.26. The molecule has 0 atom stereocenters. The van der Waals surface area contributed by atoms with E-state index in [-0.39, 0.29) is 0 Å². The molecule has 0 fully saturated rings. The van der Waals surface area contributed by atoms with Crippen LogP contribution in [0.1, 0.15) is 38.2 Å². The van der Waals surface area contributed by atoms with Crippen LogP contribution >= 0.6 is 0 Å². The SMILES string of the molecule is CCCCCCc1ccc(-c2cccc(-c3cc4ccccc4cn3)c2)cc1. The minimum Gasteiger partial charge on any atom is -0.256 e. The van der Waals surface area contributed by atoms with E-state index in [9.17, 15) is 0 Å². The van der Waals surface area contributed by atoms with Gasteiger partial charge in [0.25, 0.3) is 0 Å². The van der Waals surface area contributed by atoms with Crippen molar-refractivity contribution >= 4 is 10.8 Å². The molecule has 0 N–H and O–H groups in total. The largest absolute Gasteiger partial charge is 0.256 e. The van der Waals surface area contributed by atoms with E-state index in [1.165, 1.54) is 59.6 Å². The number of nitrogens with zero attached hydrogens (tertiary/aromatic N) is 1. The van der Waals surface area contributed by atoms with Gasteiger partial charge in [0.05, 0.1) is 5.69 Å². The Morgan fingerprint density at radius 3 is 2.25 bits per heavy atom. The molecule has 0 radical (unpaired) electrons. The molecule has 0 spiro atoms. The van der Waals surface area contributed by atoms with Crippen LogP contribution in [-0.2, 0) is 6.42 Å². The molecule has 1 heterocycles. The van der Waals surface area contributed by atoms with E-state index in [4.69, 9.17) is 0 Å². The van der Waals surface area contributed by atoms with Crippen molar-refractivity contribution in [2.75, 3.05) is 0 Å². The second-order valence-corrected chi connectivity index (χ2v) is 7.51. The van der Waals surface area contributed by atoms with Gasteiger partial charge in [-0.1, -0.05) is 92.9 Å². The molecule has 0 aliphatic heterocycles. The van der Waals surface area contributed by atoms with E-state index >= 15 is 0 Å². The topological polar surface area (TPSA) is 12.9 Å². The molecular weight excluding hydrogens is 338 g/mol. The number of aryl methyl sites for hydroxylation is 1. The molecule has 28 heavy (non-hydrogen) atoms. The van der Waals surface area contributed by atoms with Crippen LogP contribution in [-0.4, -0.2) is 4.98 Å². The Morgan fingerprint density at radius 2 is 1.43 bits per heavy atom. The normalized spacial score (nSPS) is 11.0. The molecule has 0 aliphatic rings. The van der Waals surface area contributed by atoms with E-state index < -0.39 is 0 Å². The fourth-order valence-electron chi connectivity index (χ4n) is 3.72. The number of benzene rings is 3. The first-order chi connectivity index (χ1) is 13.8.